The second-order valence-corrected chi connectivity index (χ2v) is 5.89. The van der Waals surface area contributed by atoms with E-state index in [2.05, 4.69) is 20.4 Å². The van der Waals surface area contributed by atoms with Gasteiger partial charge in [-0.1, -0.05) is 0 Å². The molecule has 3 heterocycles. The van der Waals surface area contributed by atoms with Crippen LogP contribution >= 0.6 is 0 Å². The molecule has 1 aliphatic rings. The second kappa shape index (κ2) is 4.84. The number of hydrogen-bond acceptors (Lipinski definition) is 5. The van der Waals surface area contributed by atoms with Crippen molar-refractivity contribution in [3.05, 3.63) is 23.4 Å². The van der Waals surface area contributed by atoms with E-state index in [9.17, 15) is 5.11 Å². The van der Waals surface area contributed by atoms with Crippen molar-refractivity contribution < 1.29 is 5.11 Å². The molecule has 0 bridgehead atoms. The van der Waals surface area contributed by atoms with Crippen LogP contribution in [0.1, 0.15) is 11.3 Å². The summed E-state index contributed by atoms with van der Waals surface area (Å²) in [7, 11) is 0. The number of phenolic OH excluding ortho intramolecular Hbond substituents is 1. The first-order valence-corrected chi connectivity index (χ1v) is 7.59. The Balaban J connectivity index is 2.12. The number of pyridine rings is 1. The molecule has 4 rings (SSSR count). The third-order valence-corrected chi connectivity index (χ3v) is 4.36. The largest absolute Gasteiger partial charge is 0.508 e. The van der Waals surface area contributed by atoms with Gasteiger partial charge in [-0.25, -0.2) is 4.98 Å². The van der Waals surface area contributed by atoms with Crippen LogP contribution in [0.4, 0.5) is 5.69 Å². The van der Waals surface area contributed by atoms with E-state index in [0.29, 0.717) is 0 Å². The van der Waals surface area contributed by atoms with Gasteiger partial charge < -0.3 is 15.3 Å². The minimum absolute atomic E-state index is 0.281. The molecule has 3 N–H and O–H groups in total. The van der Waals surface area contributed by atoms with Crippen LogP contribution < -0.4 is 10.2 Å². The Morgan fingerprint density at radius 3 is 2.73 bits per heavy atom. The standard InChI is InChI=1S/C16H19N5O/c1-9-7-11(22)8-12-14(9)18-16-13(10(2)19-20-16)15(12)21-5-3-17-4-6-21/h7-8,17,22H,3-6H2,1-2H3,(H,18,19,20). The third-order valence-electron chi connectivity index (χ3n) is 4.36. The van der Waals surface area contributed by atoms with E-state index in [1.54, 1.807) is 6.07 Å². The van der Waals surface area contributed by atoms with E-state index in [0.717, 1.165) is 65.1 Å². The van der Waals surface area contributed by atoms with Crippen molar-refractivity contribution in [2.24, 2.45) is 0 Å². The first-order valence-electron chi connectivity index (χ1n) is 7.59. The van der Waals surface area contributed by atoms with Crippen LogP contribution in [-0.2, 0) is 0 Å². The average Bonchev–Trinajstić information content (AvgIpc) is 2.88. The van der Waals surface area contributed by atoms with Gasteiger partial charge in [0.15, 0.2) is 5.65 Å². The number of anilines is 1. The van der Waals surface area contributed by atoms with Crippen LogP contribution in [0.15, 0.2) is 12.1 Å². The zero-order valence-electron chi connectivity index (χ0n) is 12.8. The lowest BCUT2D eigenvalue weighted by molar-refractivity contribution is 0.475. The van der Waals surface area contributed by atoms with E-state index in [1.807, 2.05) is 19.9 Å². The number of aromatic nitrogens is 3. The van der Waals surface area contributed by atoms with Crippen LogP contribution in [0.5, 0.6) is 5.75 Å². The van der Waals surface area contributed by atoms with Crippen LogP contribution in [0.25, 0.3) is 21.9 Å². The Labute approximate surface area is 128 Å². The van der Waals surface area contributed by atoms with E-state index < -0.39 is 0 Å². The molecule has 3 aromatic rings. The molecular weight excluding hydrogens is 278 g/mol. The predicted octanol–water partition coefficient (Wildman–Crippen LogP) is 1.84. The van der Waals surface area contributed by atoms with Gasteiger partial charge in [-0.05, 0) is 31.5 Å². The molecule has 1 aromatic carbocycles. The quantitative estimate of drug-likeness (QED) is 0.639. The van der Waals surface area contributed by atoms with Gasteiger partial charge in [-0.2, -0.15) is 5.10 Å². The van der Waals surface area contributed by atoms with Gasteiger partial charge >= 0.3 is 0 Å². The SMILES string of the molecule is Cc1cc(O)cc2c(N3CCNCC3)c3c(C)n[nH]c3nc12. The number of H-pyrrole nitrogens is 1. The van der Waals surface area contributed by atoms with Crippen molar-refractivity contribution in [1.82, 2.24) is 20.5 Å². The monoisotopic (exact) mass is 297 g/mol. The number of aromatic hydroxyl groups is 1. The Bertz CT molecular complexity index is 864. The summed E-state index contributed by atoms with van der Waals surface area (Å²) in [6, 6.07) is 3.57. The summed E-state index contributed by atoms with van der Waals surface area (Å²) in [5, 5.41) is 22.8. The van der Waals surface area contributed by atoms with Gasteiger partial charge in [-0.15, -0.1) is 0 Å². The van der Waals surface area contributed by atoms with Crippen molar-refractivity contribution in [3.8, 4) is 5.75 Å². The van der Waals surface area contributed by atoms with Gasteiger partial charge in [0.25, 0.3) is 0 Å². The Morgan fingerprint density at radius 2 is 1.95 bits per heavy atom. The number of hydrogen-bond donors (Lipinski definition) is 3. The van der Waals surface area contributed by atoms with E-state index in [1.165, 1.54) is 0 Å². The Kier molecular flexibility index (Phi) is 2.94. The van der Waals surface area contributed by atoms with Gasteiger partial charge in [0.2, 0.25) is 0 Å². The van der Waals surface area contributed by atoms with E-state index in [4.69, 9.17) is 4.98 Å². The molecule has 0 spiro atoms. The van der Waals surface area contributed by atoms with Gasteiger partial charge in [0.05, 0.1) is 22.3 Å². The molecule has 0 saturated carbocycles. The number of piperazine rings is 1. The summed E-state index contributed by atoms with van der Waals surface area (Å²) >= 11 is 0. The highest BCUT2D eigenvalue weighted by atomic mass is 16.3. The van der Waals surface area contributed by atoms with Crippen LogP contribution in [0.3, 0.4) is 0 Å². The fourth-order valence-electron chi connectivity index (χ4n) is 3.34. The maximum Gasteiger partial charge on any atom is 0.158 e. The lowest BCUT2D eigenvalue weighted by Gasteiger charge is -2.31. The first kappa shape index (κ1) is 13.3. The van der Waals surface area contributed by atoms with Crippen molar-refractivity contribution in [2.75, 3.05) is 31.1 Å². The fourth-order valence-corrected chi connectivity index (χ4v) is 3.34. The molecule has 0 amide bonds. The highest BCUT2D eigenvalue weighted by Crippen LogP contribution is 2.37. The molecule has 114 valence electrons. The maximum atomic E-state index is 10.0. The Hall–Kier alpha value is -2.34. The highest BCUT2D eigenvalue weighted by molar-refractivity contribution is 6.09. The lowest BCUT2D eigenvalue weighted by atomic mass is 10.0. The summed E-state index contributed by atoms with van der Waals surface area (Å²) < 4.78 is 0. The molecule has 6 nitrogen and oxygen atoms in total. The van der Waals surface area contributed by atoms with Gasteiger partial charge in [-0.3, -0.25) is 5.10 Å². The molecule has 0 unspecified atom stereocenters. The number of rotatable bonds is 1. The number of nitrogens with one attached hydrogen (secondary N) is 2. The molecule has 1 aliphatic heterocycles. The van der Waals surface area contributed by atoms with Crippen molar-refractivity contribution >= 4 is 27.6 Å². The Morgan fingerprint density at radius 1 is 1.18 bits per heavy atom. The van der Waals surface area contributed by atoms with Crippen molar-refractivity contribution in [2.45, 2.75) is 13.8 Å². The number of aryl methyl sites for hydroxylation is 2. The highest BCUT2D eigenvalue weighted by Gasteiger charge is 2.21. The summed E-state index contributed by atoms with van der Waals surface area (Å²) in [6.45, 7) is 7.76. The summed E-state index contributed by atoms with van der Waals surface area (Å²) in [6.07, 6.45) is 0. The fraction of sp³-hybridized carbons (Fsp3) is 0.375. The number of phenols is 1. The zero-order chi connectivity index (χ0) is 15.3. The van der Waals surface area contributed by atoms with Gasteiger partial charge in [0.1, 0.15) is 5.75 Å². The molecular formula is C16H19N5O. The summed E-state index contributed by atoms with van der Waals surface area (Å²) in [4.78, 5) is 7.09. The lowest BCUT2D eigenvalue weighted by Crippen LogP contribution is -2.43. The molecule has 1 saturated heterocycles. The van der Waals surface area contributed by atoms with E-state index in [-0.39, 0.29) is 5.75 Å². The minimum atomic E-state index is 0.281. The number of fused-ring (bicyclic) bond motifs is 2. The molecule has 2 aromatic heterocycles. The van der Waals surface area contributed by atoms with E-state index >= 15 is 0 Å². The number of aromatic amines is 1. The average molecular weight is 297 g/mol. The smallest absolute Gasteiger partial charge is 0.158 e. The second-order valence-electron chi connectivity index (χ2n) is 5.89. The molecule has 22 heavy (non-hydrogen) atoms. The molecule has 1 fully saturated rings. The summed E-state index contributed by atoms with van der Waals surface area (Å²) in [5.41, 5.74) is 4.78. The number of benzene rings is 1. The van der Waals surface area contributed by atoms with Gasteiger partial charge in [0, 0.05) is 31.6 Å². The third kappa shape index (κ3) is 1.91. The predicted molar refractivity (Wildman–Crippen MR) is 87.6 cm³/mol. The molecule has 0 atom stereocenters. The van der Waals surface area contributed by atoms with Crippen molar-refractivity contribution in [1.29, 1.82) is 0 Å². The molecule has 0 aliphatic carbocycles. The molecule has 6 heteroatoms. The maximum absolute atomic E-state index is 10.0. The number of nitrogens with zero attached hydrogens (tertiary/aromatic N) is 3. The summed E-state index contributed by atoms with van der Waals surface area (Å²) in [5.74, 6) is 0.281. The van der Waals surface area contributed by atoms with Crippen molar-refractivity contribution in [3.63, 3.8) is 0 Å². The first-order chi connectivity index (χ1) is 10.6. The van der Waals surface area contributed by atoms with Crippen LogP contribution in [0, 0.1) is 13.8 Å². The topological polar surface area (TPSA) is 77.1 Å². The normalized spacial score (nSPS) is 15.8. The minimum Gasteiger partial charge on any atom is -0.508 e. The molecule has 0 radical (unpaired) electrons. The van der Waals surface area contributed by atoms with Crippen LogP contribution in [-0.4, -0.2) is 46.5 Å². The zero-order valence-corrected chi connectivity index (χ0v) is 12.8. The van der Waals surface area contributed by atoms with Crippen LogP contribution in [0.2, 0.25) is 0 Å².